The minimum Gasteiger partial charge on any atom is -0.459 e. The Morgan fingerprint density at radius 3 is 2.58 bits per heavy atom. The van der Waals surface area contributed by atoms with Crippen LogP contribution in [0, 0.1) is 17.8 Å². The van der Waals surface area contributed by atoms with Gasteiger partial charge < -0.3 is 9.84 Å². The smallest absolute Gasteiger partial charge is 0.384 e. The zero-order valence-corrected chi connectivity index (χ0v) is 7.63. The minimum atomic E-state index is -0.732. The van der Waals surface area contributed by atoms with Gasteiger partial charge in [-0.1, -0.05) is 19.8 Å². The van der Waals surface area contributed by atoms with Gasteiger partial charge in [0.05, 0.1) is 7.11 Å². The maximum atomic E-state index is 10.5. The Morgan fingerprint density at radius 1 is 1.58 bits per heavy atom. The lowest BCUT2D eigenvalue weighted by atomic mass is 10.1. The zero-order chi connectivity index (χ0) is 9.56. The van der Waals surface area contributed by atoms with Gasteiger partial charge in [0.1, 0.15) is 6.10 Å². The lowest BCUT2D eigenvalue weighted by Gasteiger charge is -2.04. The van der Waals surface area contributed by atoms with Crippen molar-refractivity contribution in [2.45, 2.75) is 26.4 Å². The van der Waals surface area contributed by atoms with E-state index in [2.05, 4.69) is 16.6 Å². The molecule has 0 aromatic rings. The molecule has 3 heteroatoms. The third-order valence-corrected chi connectivity index (χ3v) is 1.22. The Bertz CT molecular complexity index is 198. The van der Waals surface area contributed by atoms with Crippen molar-refractivity contribution in [2.24, 2.45) is 5.92 Å². The monoisotopic (exact) mass is 170 g/mol. The van der Waals surface area contributed by atoms with E-state index in [0.717, 1.165) is 0 Å². The highest BCUT2D eigenvalue weighted by Gasteiger charge is 2.02. The molecule has 0 bridgehead atoms. The van der Waals surface area contributed by atoms with E-state index in [-0.39, 0.29) is 0 Å². The van der Waals surface area contributed by atoms with Crippen molar-refractivity contribution in [1.29, 1.82) is 0 Å². The molecule has 0 radical (unpaired) electrons. The first-order valence-corrected chi connectivity index (χ1v) is 3.83. The Kier molecular flexibility index (Phi) is 5.14. The summed E-state index contributed by atoms with van der Waals surface area (Å²) in [4.78, 5) is 10.5. The largest absolute Gasteiger partial charge is 0.459 e. The predicted molar refractivity (Wildman–Crippen MR) is 45.3 cm³/mol. The Labute approximate surface area is 72.7 Å². The van der Waals surface area contributed by atoms with Crippen molar-refractivity contribution in [2.75, 3.05) is 7.11 Å². The van der Waals surface area contributed by atoms with Crippen LogP contribution >= 0.6 is 0 Å². The van der Waals surface area contributed by atoms with Crippen LogP contribution in [0.15, 0.2) is 0 Å². The van der Waals surface area contributed by atoms with Crippen LogP contribution in [0.3, 0.4) is 0 Å². The molecule has 0 heterocycles. The molecule has 0 saturated carbocycles. The fourth-order valence-electron chi connectivity index (χ4n) is 0.699. The van der Waals surface area contributed by atoms with E-state index in [1.807, 2.05) is 13.8 Å². The summed E-state index contributed by atoms with van der Waals surface area (Å²) in [6.07, 6.45) is -0.159. The van der Waals surface area contributed by atoms with Crippen LogP contribution in [0.25, 0.3) is 0 Å². The number of aliphatic hydroxyl groups is 1. The molecule has 1 atom stereocenters. The molecule has 0 unspecified atom stereocenters. The second-order valence-electron chi connectivity index (χ2n) is 2.91. The molecule has 12 heavy (non-hydrogen) atoms. The fourth-order valence-corrected chi connectivity index (χ4v) is 0.699. The molecule has 0 spiro atoms. The molecule has 3 nitrogen and oxygen atoms in total. The molecule has 68 valence electrons. The average molecular weight is 170 g/mol. The van der Waals surface area contributed by atoms with Gasteiger partial charge in [-0.25, -0.2) is 4.79 Å². The number of carbonyl (C=O) groups is 1. The van der Waals surface area contributed by atoms with E-state index < -0.39 is 12.1 Å². The van der Waals surface area contributed by atoms with Gasteiger partial charge in [0.2, 0.25) is 0 Å². The van der Waals surface area contributed by atoms with Crippen molar-refractivity contribution in [1.82, 2.24) is 0 Å². The second-order valence-corrected chi connectivity index (χ2v) is 2.91. The van der Waals surface area contributed by atoms with Gasteiger partial charge in [-0.15, -0.1) is 0 Å². The van der Waals surface area contributed by atoms with Crippen LogP contribution in [-0.2, 0) is 9.53 Å². The van der Waals surface area contributed by atoms with Gasteiger partial charge in [0.15, 0.2) is 0 Å². The SMILES string of the molecule is COC(=O)C#C[C@H](O)CC(C)C. The number of aliphatic hydroxyl groups excluding tert-OH is 1. The highest BCUT2D eigenvalue weighted by Crippen LogP contribution is 2.02. The Balaban J connectivity index is 3.86. The number of rotatable bonds is 2. The highest BCUT2D eigenvalue weighted by atomic mass is 16.5. The third kappa shape index (κ3) is 5.75. The highest BCUT2D eigenvalue weighted by molar-refractivity contribution is 5.88. The first kappa shape index (κ1) is 11.0. The van der Waals surface area contributed by atoms with Crippen LogP contribution in [0.1, 0.15) is 20.3 Å². The molecule has 0 rings (SSSR count). The summed E-state index contributed by atoms with van der Waals surface area (Å²) in [5, 5.41) is 9.18. The number of hydrogen-bond acceptors (Lipinski definition) is 3. The Morgan fingerprint density at radius 2 is 2.17 bits per heavy atom. The fraction of sp³-hybridized carbons (Fsp3) is 0.667. The van der Waals surface area contributed by atoms with E-state index in [1.165, 1.54) is 7.11 Å². The van der Waals surface area contributed by atoms with E-state index in [9.17, 15) is 9.90 Å². The molecule has 0 aromatic heterocycles. The number of ether oxygens (including phenoxy) is 1. The van der Waals surface area contributed by atoms with Crippen molar-refractivity contribution < 1.29 is 14.6 Å². The summed E-state index contributed by atoms with van der Waals surface area (Å²) in [6.45, 7) is 3.95. The van der Waals surface area contributed by atoms with E-state index >= 15 is 0 Å². The summed E-state index contributed by atoms with van der Waals surface area (Å²) in [6, 6.07) is 0. The molecule has 0 aliphatic carbocycles. The van der Waals surface area contributed by atoms with Crippen LogP contribution in [-0.4, -0.2) is 24.3 Å². The first-order chi connectivity index (χ1) is 5.56. The number of esters is 1. The molecule has 0 aromatic carbocycles. The van der Waals surface area contributed by atoms with Gasteiger partial charge in [-0.3, -0.25) is 0 Å². The Hall–Kier alpha value is -1.01. The second kappa shape index (κ2) is 5.62. The summed E-state index contributed by atoms with van der Waals surface area (Å²) < 4.78 is 4.28. The molecular formula is C9H14O3. The predicted octanol–water partition coefficient (Wildman–Crippen LogP) is 0.570. The molecular weight excluding hydrogens is 156 g/mol. The van der Waals surface area contributed by atoms with E-state index in [0.29, 0.717) is 12.3 Å². The van der Waals surface area contributed by atoms with Crippen molar-refractivity contribution in [3.05, 3.63) is 0 Å². The lowest BCUT2D eigenvalue weighted by Crippen LogP contribution is -2.08. The summed E-state index contributed by atoms with van der Waals surface area (Å²) >= 11 is 0. The summed E-state index contributed by atoms with van der Waals surface area (Å²) in [7, 11) is 1.26. The van der Waals surface area contributed by atoms with Crippen LogP contribution in [0.4, 0.5) is 0 Å². The van der Waals surface area contributed by atoms with E-state index in [1.54, 1.807) is 0 Å². The van der Waals surface area contributed by atoms with E-state index in [4.69, 9.17) is 0 Å². The van der Waals surface area contributed by atoms with Gasteiger partial charge in [-0.2, -0.15) is 0 Å². The normalized spacial score (nSPS) is 11.8. The van der Waals surface area contributed by atoms with Gasteiger partial charge >= 0.3 is 5.97 Å². The standard InChI is InChI=1S/C9H14O3/c1-7(2)6-8(10)4-5-9(11)12-3/h7-8,10H,6H2,1-3H3/t8-/m0/s1. The summed E-state index contributed by atoms with van der Waals surface area (Å²) in [5.74, 6) is 4.33. The minimum absolute atomic E-state index is 0.368. The molecule has 0 fully saturated rings. The topological polar surface area (TPSA) is 46.5 Å². The first-order valence-electron chi connectivity index (χ1n) is 3.83. The van der Waals surface area contributed by atoms with Gasteiger partial charge in [0.25, 0.3) is 0 Å². The molecule has 0 saturated heterocycles. The number of hydrogen-bond donors (Lipinski definition) is 1. The third-order valence-electron chi connectivity index (χ3n) is 1.22. The molecule has 0 amide bonds. The lowest BCUT2D eigenvalue weighted by molar-refractivity contribution is -0.133. The van der Waals surface area contributed by atoms with Crippen molar-refractivity contribution in [3.8, 4) is 11.8 Å². The maximum absolute atomic E-state index is 10.5. The molecule has 1 N–H and O–H groups in total. The van der Waals surface area contributed by atoms with Crippen molar-refractivity contribution in [3.63, 3.8) is 0 Å². The van der Waals surface area contributed by atoms with Crippen LogP contribution < -0.4 is 0 Å². The number of methoxy groups -OCH3 is 1. The maximum Gasteiger partial charge on any atom is 0.384 e. The molecule has 0 aliphatic rings. The molecule has 0 aliphatic heterocycles. The zero-order valence-electron chi connectivity index (χ0n) is 7.63. The van der Waals surface area contributed by atoms with Crippen molar-refractivity contribution >= 4 is 5.97 Å². The summed E-state index contributed by atoms with van der Waals surface area (Å²) in [5.41, 5.74) is 0. The average Bonchev–Trinajstić information content (AvgIpc) is 1.99. The van der Waals surface area contributed by atoms with Crippen LogP contribution in [0.5, 0.6) is 0 Å². The quantitative estimate of drug-likeness (QED) is 0.374. The number of carbonyl (C=O) groups excluding carboxylic acids is 1. The van der Waals surface area contributed by atoms with Gasteiger partial charge in [-0.05, 0) is 12.3 Å². The van der Waals surface area contributed by atoms with Crippen LogP contribution in [0.2, 0.25) is 0 Å². The van der Waals surface area contributed by atoms with Gasteiger partial charge in [0, 0.05) is 5.92 Å².